The number of rotatable bonds is 2. The lowest BCUT2D eigenvalue weighted by Gasteiger charge is -2.15. The number of carbonyl (C=O) groups is 1. The zero-order valence-corrected chi connectivity index (χ0v) is 9.34. The molecule has 92 valence electrons. The number of nitrogens with one attached hydrogen (secondary N) is 1. The monoisotopic (exact) mass is 241 g/mol. The molecule has 1 heterocycles. The number of aryl methyl sites for hydroxylation is 1. The van der Waals surface area contributed by atoms with Crippen LogP contribution in [0.1, 0.15) is 30.0 Å². The van der Waals surface area contributed by atoms with Crippen molar-refractivity contribution in [3.05, 3.63) is 34.9 Å². The van der Waals surface area contributed by atoms with Crippen LogP contribution in [0, 0.1) is 18.6 Å². The smallest absolute Gasteiger partial charge is 0.320 e. The minimum atomic E-state index is -0.985. The second-order valence-electron chi connectivity index (χ2n) is 4.28. The van der Waals surface area contributed by atoms with Crippen molar-refractivity contribution in [1.82, 2.24) is 5.32 Å². The summed E-state index contributed by atoms with van der Waals surface area (Å²) in [7, 11) is 0. The molecule has 17 heavy (non-hydrogen) atoms. The lowest BCUT2D eigenvalue weighted by atomic mass is 10.0. The Morgan fingerprint density at radius 3 is 2.71 bits per heavy atom. The van der Waals surface area contributed by atoms with E-state index in [1.165, 1.54) is 12.1 Å². The molecule has 2 atom stereocenters. The first kappa shape index (κ1) is 12.0. The van der Waals surface area contributed by atoms with Crippen LogP contribution in [0.15, 0.2) is 12.1 Å². The van der Waals surface area contributed by atoms with Gasteiger partial charge in [0.25, 0.3) is 0 Å². The van der Waals surface area contributed by atoms with Gasteiger partial charge >= 0.3 is 5.97 Å². The van der Waals surface area contributed by atoms with Gasteiger partial charge in [0.05, 0.1) is 0 Å². The molecule has 0 aromatic heterocycles. The van der Waals surface area contributed by atoms with Gasteiger partial charge in [-0.1, -0.05) is 6.07 Å². The number of carboxylic acids is 1. The first-order valence-corrected chi connectivity index (χ1v) is 5.44. The molecule has 1 aromatic rings. The van der Waals surface area contributed by atoms with E-state index in [1.807, 2.05) is 0 Å². The van der Waals surface area contributed by atoms with Crippen LogP contribution in [0.4, 0.5) is 8.78 Å². The van der Waals surface area contributed by atoms with Crippen molar-refractivity contribution in [1.29, 1.82) is 0 Å². The van der Waals surface area contributed by atoms with E-state index in [0.29, 0.717) is 18.4 Å². The minimum absolute atomic E-state index is 0.0475. The topological polar surface area (TPSA) is 49.3 Å². The van der Waals surface area contributed by atoms with Gasteiger partial charge in [-0.25, -0.2) is 8.78 Å². The van der Waals surface area contributed by atoms with E-state index in [4.69, 9.17) is 5.11 Å². The third-order valence-corrected chi connectivity index (χ3v) is 3.11. The van der Waals surface area contributed by atoms with Crippen molar-refractivity contribution < 1.29 is 18.7 Å². The number of halogens is 2. The van der Waals surface area contributed by atoms with E-state index in [9.17, 15) is 13.6 Å². The first-order chi connectivity index (χ1) is 8.00. The van der Waals surface area contributed by atoms with Crippen LogP contribution >= 0.6 is 0 Å². The SMILES string of the molecule is Cc1ccc(F)c(C2CCC(C(=O)O)N2)c1F. The highest BCUT2D eigenvalue weighted by Crippen LogP contribution is 2.31. The average Bonchev–Trinajstić information content (AvgIpc) is 2.73. The van der Waals surface area contributed by atoms with Crippen LogP contribution in [0.5, 0.6) is 0 Å². The fourth-order valence-corrected chi connectivity index (χ4v) is 2.16. The molecule has 3 nitrogen and oxygen atoms in total. The second-order valence-corrected chi connectivity index (χ2v) is 4.28. The van der Waals surface area contributed by atoms with E-state index < -0.39 is 29.7 Å². The number of carboxylic acid groups (broad SMARTS) is 1. The molecule has 2 unspecified atom stereocenters. The largest absolute Gasteiger partial charge is 0.480 e. The summed E-state index contributed by atoms with van der Waals surface area (Å²) in [5.41, 5.74) is 0.315. The number of aliphatic carboxylic acids is 1. The Kier molecular flexibility index (Phi) is 3.11. The van der Waals surface area contributed by atoms with Gasteiger partial charge in [0.2, 0.25) is 0 Å². The Morgan fingerprint density at radius 2 is 2.12 bits per heavy atom. The van der Waals surface area contributed by atoms with Crippen molar-refractivity contribution in [2.24, 2.45) is 0 Å². The predicted molar refractivity (Wildman–Crippen MR) is 57.6 cm³/mol. The molecule has 5 heteroatoms. The Balaban J connectivity index is 2.30. The van der Waals surface area contributed by atoms with E-state index in [0.717, 1.165) is 0 Å². The Bertz CT molecular complexity index is 462. The van der Waals surface area contributed by atoms with E-state index >= 15 is 0 Å². The highest BCUT2D eigenvalue weighted by molar-refractivity contribution is 5.74. The third kappa shape index (κ3) is 2.15. The van der Waals surface area contributed by atoms with Gasteiger partial charge in [-0.05, 0) is 31.4 Å². The van der Waals surface area contributed by atoms with Gasteiger partial charge in [0.1, 0.15) is 17.7 Å². The van der Waals surface area contributed by atoms with Crippen LogP contribution in [-0.2, 0) is 4.79 Å². The zero-order chi connectivity index (χ0) is 12.6. The van der Waals surface area contributed by atoms with E-state index in [1.54, 1.807) is 6.92 Å². The van der Waals surface area contributed by atoms with Crippen molar-refractivity contribution in [3.63, 3.8) is 0 Å². The van der Waals surface area contributed by atoms with Crippen molar-refractivity contribution in [3.8, 4) is 0 Å². The highest BCUT2D eigenvalue weighted by Gasteiger charge is 2.32. The molecule has 0 spiro atoms. The van der Waals surface area contributed by atoms with Gasteiger partial charge in [-0.15, -0.1) is 0 Å². The van der Waals surface area contributed by atoms with Gasteiger partial charge in [-0.2, -0.15) is 0 Å². The maximum atomic E-state index is 13.8. The predicted octanol–water partition coefficient (Wildman–Crippen LogP) is 2.15. The van der Waals surface area contributed by atoms with Gasteiger partial charge < -0.3 is 5.11 Å². The van der Waals surface area contributed by atoms with Crippen molar-refractivity contribution in [2.45, 2.75) is 31.8 Å². The summed E-state index contributed by atoms with van der Waals surface area (Å²) in [6.07, 6.45) is 0.807. The quantitative estimate of drug-likeness (QED) is 0.834. The summed E-state index contributed by atoms with van der Waals surface area (Å²) in [4.78, 5) is 10.8. The molecule has 2 rings (SSSR count). The Labute approximate surface area is 97.5 Å². The normalized spacial score (nSPS) is 23.9. The van der Waals surface area contributed by atoms with Crippen molar-refractivity contribution >= 4 is 5.97 Å². The molecular weight excluding hydrogens is 228 g/mol. The summed E-state index contributed by atoms with van der Waals surface area (Å²) < 4.78 is 27.4. The van der Waals surface area contributed by atoms with Crippen LogP contribution in [0.25, 0.3) is 0 Å². The van der Waals surface area contributed by atoms with Crippen LogP contribution in [-0.4, -0.2) is 17.1 Å². The van der Waals surface area contributed by atoms with Crippen molar-refractivity contribution in [2.75, 3.05) is 0 Å². The fraction of sp³-hybridized carbons (Fsp3) is 0.417. The van der Waals surface area contributed by atoms with Gasteiger partial charge in [-0.3, -0.25) is 10.1 Å². The lowest BCUT2D eigenvalue weighted by Crippen LogP contribution is -2.32. The summed E-state index contributed by atoms with van der Waals surface area (Å²) in [6.45, 7) is 1.56. The Hall–Kier alpha value is -1.49. The standard InChI is InChI=1S/C12H13F2NO2/c1-6-2-3-7(13)10(11(6)14)8-4-5-9(15-8)12(16)17/h2-3,8-9,15H,4-5H2,1H3,(H,16,17). The molecule has 0 amide bonds. The maximum absolute atomic E-state index is 13.8. The Morgan fingerprint density at radius 1 is 1.41 bits per heavy atom. The van der Waals surface area contributed by atoms with Gasteiger partial charge in [0.15, 0.2) is 0 Å². The molecule has 0 bridgehead atoms. The summed E-state index contributed by atoms with van der Waals surface area (Å²) in [5.74, 6) is -2.20. The molecule has 0 aliphatic carbocycles. The molecule has 0 radical (unpaired) electrons. The summed E-state index contributed by atoms with van der Waals surface area (Å²) in [6, 6.07) is 1.30. The molecule has 2 N–H and O–H groups in total. The number of benzene rings is 1. The summed E-state index contributed by atoms with van der Waals surface area (Å²) in [5, 5.41) is 11.6. The van der Waals surface area contributed by atoms with Crippen LogP contribution < -0.4 is 5.32 Å². The van der Waals surface area contributed by atoms with Crippen LogP contribution in [0.2, 0.25) is 0 Å². The number of hydrogen-bond donors (Lipinski definition) is 2. The minimum Gasteiger partial charge on any atom is -0.480 e. The second kappa shape index (κ2) is 4.41. The third-order valence-electron chi connectivity index (χ3n) is 3.11. The summed E-state index contributed by atoms with van der Waals surface area (Å²) >= 11 is 0. The molecule has 1 aliphatic rings. The molecular formula is C12H13F2NO2. The molecule has 1 aliphatic heterocycles. The number of hydrogen-bond acceptors (Lipinski definition) is 2. The average molecular weight is 241 g/mol. The zero-order valence-electron chi connectivity index (χ0n) is 9.34. The molecule has 0 saturated carbocycles. The molecule has 1 saturated heterocycles. The first-order valence-electron chi connectivity index (χ1n) is 5.44. The lowest BCUT2D eigenvalue weighted by molar-refractivity contribution is -0.139. The molecule has 1 fully saturated rings. The highest BCUT2D eigenvalue weighted by atomic mass is 19.1. The van der Waals surface area contributed by atoms with Crippen LogP contribution in [0.3, 0.4) is 0 Å². The fourth-order valence-electron chi connectivity index (χ4n) is 2.16. The van der Waals surface area contributed by atoms with E-state index in [-0.39, 0.29) is 5.56 Å². The molecule has 1 aromatic carbocycles. The van der Waals surface area contributed by atoms with Gasteiger partial charge in [0, 0.05) is 11.6 Å². The van der Waals surface area contributed by atoms with E-state index in [2.05, 4.69) is 5.32 Å². The maximum Gasteiger partial charge on any atom is 0.320 e.